The summed E-state index contributed by atoms with van der Waals surface area (Å²) < 4.78 is 5.32. The van der Waals surface area contributed by atoms with Crippen LogP contribution in [0, 0.1) is 0 Å². The van der Waals surface area contributed by atoms with E-state index < -0.39 is 5.97 Å². The fourth-order valence-corrected chi connectivity index (χ4v) is 3.41. The Kier molecular flexibility index (Phi) is 5.79. The topological polar surface area (TPSA) is 56.3 Å². The molecule has 0 fully saturated rings. The first-order valence-electron chi connectivity index (χ1n) is 9.13. The van der Waals surface area contributed by atoms with E-state index in [1.165, 1.54) is 0 Å². The van der Waals surface area contributed by atoms with Crippen LogP contribution < -0.4 is 0 Å². The van der Waals surface area contributed by atoms with Gasteiger partial charge in [0, 0.05) is 21.5 Å². The van der Waals surface area contributed by atoms with Crippen molar-refractivity contribution in [2.75, 3.05) is 6.61 Å². The second-order valence-electron chi connectivity index (χ2n) is 6.56. The van der Waals surface area contributed by atoms with E-state index in [9.17, 15) is 9.59 Å². The Morgan fingerprint density at radius 2 is 1.60 bits per heavy atom. The van der Waals surface area contributed by atoms with Crippen molar-refractivity contribution in [3.8, 4) is 11.3 Å². The summed E-state index contributed by atoms with van der Waals surface area (Å²) in [5.41, 5.74) is 2.57. The summed E-state index contributed by atoms with van der Waals surface area (Å²) in [7, 11) is 0. The summed E-state index contributed by atoms with van der Waals surface area (Å²) in [4.78, 5) is 29.8. The van der Waals surface area contributed by atoms with Crippen LogP contribution in [0.25, 0.3) is 22.2 Å². The number of hydrogen-bond donors (Lipinski definition) is 0. The molecule has 148 valence electrons. The zero-order valence-electron chi connectivity index (χ0n) is 15.6. The van der Waals surface area contributed by atoms with Gasteiger partial charge in [0.25, 0.3) is 0 Å². The zero-order valence-corrected chi connectivity index (χ0v) is 17.2. The van der Waals surface area contributed by atoms with E-state index in [1.807, 2.05) is 6.07 Å². The molecule has 0 bridgehead atoms. The van der Waals surface area contributed by atoms with E-state index in [2.05, 4.69) is 4.98 Å². The van der Waals surface area contributed by atoms with E-state index in [-0.39, 0.29) is 18.0 Å². The maximum Gasteiger partial charge on any atom is 0.339 e. The van der Waals surface area contributed by atoms with Crippen molar-refractivity contribution in [2.24, 2.45) is 0 Å². The van der Waals surface area contributed by atoms with Gasteiger partial charge in [0.05, 0.1) is 21.8 Å². The number of hydrogen-bond acceptors (Lipinski definition) is 4. The molecule has 1 aromatic heterocycles. The molecule has 0 aliphatic carbocycles. The second-order valence-corrected chi connectivity index (χ2v) is 7.41. The number of Topliss-reactive ketones (excluding diaryl/α,β-unsaturated/α-hetero) is 1. The highest BCUT2D eigenvalue weighted by Crippen LogP contribution is 2.30. The minimum absolute atomic E-state index is 0.279. The third-order valence-electron chi connectivity index (χ3n) is 4.58. The number of nitrogens with zero attached hydrogens (tertiary/aromatic N) is 1. The molecule has 1 heterocycles. The normalized spacial score (nSPS) is 10.7. The molecule has 0 aliphatic heterocycles. The maximum atomic E-state index is 12.9. The summed E-state index contributed by atoms with van der Waals surface area (Å²) in [6.45, 7) is -0.358. The van der Waals surface area contributed by atoms with Gasteiger partial charge in [0.2, 0.25) is 0 Å². The third kappa shape index (κ3) is 4.20. The van der Waals surface area contributed by atoms with Crippen LogP contribution in [0.4, 0.5) is 0 Å². The van der Waals surface area contributed by atoms with Gasteiger partial charge >= 0.3 is 5.97 Å². The molecule has 3 aromatic carbocycles. The number of pyridine rings is 1. The number of carbonyl (C=O) groups is 2. The van der Waals surface area contributed by atoms with Crippen molar-refractivity contribution in [3.63, 3.8) is 0 Å². The Labute approximate surface area is 183 Å². The van der Waals surface area contributed by atoms with Crippen molar-refractivity contribution in [2.45, 2.75) is 0 Å². The van der Waals surface area contributed by atoms with Crippen molar-refractivity contribution in [1.29, 1.82) is 0 Å². The van der Waals surface area contributed by atoms with E-state index in [0.717, 1.165) is 5.56 Å². The molecule has 4 nitrogen and oxygen atoms in total. The number of fused-ring (bicyclic) bond motifs is 1. The minimum Gasteiger partial charge on any atom is -0.454 e. The smallest absolute Gasteiger partial charge is 0.339 e. The van der Waals surface area contributed by atoms with Gasteiger partial charge in [0.15, 0.2) is 12.4 Å². The number of ketones is 1. The Bertz CT molecular complexity index is 1240. The third-order valence-corrected chi connectivity index (χ3v) is 5.14. The fourth-order valence-electron chi connectivity index (χ4n) is 3.07. The van der Waals surface area contributed by atoms with E-state index in [1.54, 1.807) is 72.8 Å². The van der Waals surface area contributed by atoms with E-state index in [4.69, 9.17) is 27.9 Å². The maximum absolute atomic E-state index is 12.9. The summed E-state index contributed by atoms with van der Waals surface area (Å²) in [5.74, 6) is -0.901. The van der Waals surface area contributed by atoms with E-state index >= 15 is 0 Å². The Hall–Kier alpha value is -3.21. The van der Waals surface area contributed by atoms with Crippen LogP contribution in [0.1, 0.15) is 20.7 Å². The van der Waals surface area contributed by atoms with Gasteiger partial charge in [-0.05, 0) is 24.3 Å². The van der Waals surface area contributed by atoms with Crippen molar-refractivity contribution >= 4 is 45.9 Å². The number of benzene rings is 3. The summed E-state index contributed by atoms with van der Waals surface area (Å²) in [6, 6.07) is 22.6. The highest BCUT2D eigenvalue weighted by Gasteiger charge is 2.18. The summed E-state index contributed by atoms with van der Waals surface area (Å²) in [5, 5.41) is 1.56. The molecule has 0 aliphatic rings. The molecular formula is C24H15Cl2NO3. The lowest BCUT2D eigenvalue weighted by atomic mass is 10.0. The Morgan fingerprint density at radius 3 is 2.33 bits per heavy atom. The van der Waals surface area contributed by atoms with Gasteiger partial charge in [0.1, 0.15) is 0 Å². The second kappa shape index (κ2) is 8.66. The van der Waals surface area contributed by atoms with Crippen LogP contribution in [-0.2, 0) is 4.74 Å². The molecule has 30 heavy (non-hydrogen) atoms. The lowest BCUT2D eigenvalue weighted by molar-refractivity contribution is 0.0476. The highest BCUT2D eigenvalue weighted by atomic mass is 35.5. The Morgan fingerprint density at radius 1 is 0.867 bits per heavy atom. The van der Waals surface area contributed by atoms with Gasteiger partial charge in [-0.3, -0.25) is 4.79 Å². The van der Waals surface area contributed by atoms with Gasteiger partial charge in [-0.25, -0.2) is 9.78 Å². The van der Waals surface area contributed by atoms with Crippen molar-refractivity contribution in [1.82, 2.24) is 4.98 Å². The van der Waals surface area contributed by atoms with Crippen LogP contribution in [0.2, 0.25) is 10.0 Å². The first-order valence-corrected chi connectivity index (χ1v) is 9.89. The number of carbonyl (C=O) groups excluding carboxylic acids is 2. The number of para-hydroxylation sites is 1. The predicted molar refractivity (Wildman–Crippen MR) is 118 cm³/mol. The molecule has 0 unspecified atom stereocenters. The standard InChI is InChI=1S/C24H15Cl2NO3/c25-17-11-9-15(10-12-17)21-13-19(18-7-4-8-20(26)23(18)27-21)24(29)30-14-22(28)16-5-2-1-3-6-16/h1-13H,14H2. The first kappa shape index (κ1) is 20.1. The van der Waals surface area contributed by atoms with Crippen LogP contribution in [0.15, 0.2) is 78.9 Å². The van der Waals surface area contributed by atoms with Gasteiger partial charge in [-0.2, -0.15) is 0 Å². The lowest BCUT2D eigenvalue weighted by Gasteiger charge is -2.11. The minimum atomic E-state index is -0.621. The fraction of sp³-hybridized carbons (Fsp3) is 0.0417. The Balaban J connectivity index is 1.70. The molecule has 0 amide bonds. The highest BCUT2D eigenvalue weighted by molar-refractivity contribution is 6.35. The molecule has 0 radical (unpaired) electrons. The van der Waals surface area contributed by atoms with Gasteiger partial charge in [-0.15, -0.1) is 0 Å². The number of esters is 1. The molecule has 6 heteroatoms. The number of halogens is 2. The predicted octanol–water partition coefficient (Wildman–Crippen LogP) is 6.25. The van der Waals surface area contributed by atoms with Crippen LogP contribution in [0.5, 0.6) is 0 Å². The largest absolute Gasteiger partial charge is 0.454 e. The lowest BCUT2D eigenvalue weighted by Crippen LogP contribution is -2.15. The quantitative estimate of drug-likeness (QED) is 0.274. The molecule has 0 atom stereocenters. The molecule has 4 aromatic rings. The first-order chi connectivity index (χ1) is 14.5. The van der Waals surface area contributed by atoms with Crippen LogP contribution in [-0.4, -0.2) is 23.3 Å². The van der Waals surface area contributed by atoms with Crippen molar-refractivity contribution in [3.05, 3.63) is 100 Å². The van der Waals surface area contributed by atoms with E-state index in [0.29, 0.717) is 32.2 Å². The SMILES string of the molecule is O=C(COC(=O)c1cc(-c2ccc(Cl)cc2)nc2c(Cl)cccc12)c1ccccc1. The molecule has 0 N–H and O–H groups in total. The average molecular weight is 436 g/mol. The molecule has 4 rings (SSSR count). The van der Waals surface area contributed by atoms with Gasteiger partial charge < -0.3 is 4.74 Å². The molecular weight excluding hydrogens is 421 g/mol. The summed E-state index contributed by atoms with van der Waals surface area (Å²) in [6.07, 6.45) is 0. The monoisotopic (exact) mass is 435 g/mol. The molecule has 0 saturated carbocycles. The molecule has 0 saturated heterocycles. The van der Waals surface area contributed by atoms with Crippen LogP contribution >= 0.6 is 23.2 Å². The number of rotatable bonds is 5. The average Bonchev–Trinajstić information content (AvgIpc) is 2.78. The van der Waals surface area contributed by atoms with Gasteiger partial charge in [-0.1, -0.05) is 77.8 Å². The molecule has 0 spiro atoms. The zero-order chi connectivity index (χ0) is 21.1. The summed E-state index contributed by atoms with van der Waals surface area (Å²) >= 11 is 12.3. The van der Waals surface area contributed by atoms with Crippen molar-refractivity contribution < 1.29 is 14.3 Å². The number of ether oxygens (including phenoxy) is 1. The number of aromatic nitrogens is 1. The van der Waals surface area contributed by atoms with Crippen LogP contribution in [0.3, 0.4) is 0 Å².